The lowest BCUT2D eigenvalue weighted by molar-refractivity contribution is 0.0900. The molecule has 22 heavy (non-hydrogen) atoms. The third-order valence-electron chi connectivity index (χ3n) is 4.35. The lowest BCUT2D eigenvalue weighted by atomic mass is 10.1. The smallest absolute Gasteiger partial charge is 0.240 e. The molecule has 0 bridgehead atoms. The normalized spacial score (nSPS) is 25.0. The number of hydrogen-bond acceptors (Lipinski definition) is 6. The molecule has 1 N–H and O–H groups in total. The molecule has 0 spiro atoms. The molecule has 118 valence electrons. The quantitative estimate of drug-likeness (QED) is 0.873. The number of nitrogens with one attached hydrogen (secondary N) is 1. The number of aryl methyl sites for hydroxylation is 1. The van der Waals surface area contributed by atoms with E-state index < -0.39 is 0 Å². The fraction of sp³-hybridized carbons (Fsp3) is 0.667. The average molecular weight is 303 g/mol. The Balaban J connectivity index is 1.43. The van der Waals surface area contributed by atoms with Crippen molar-refractivity contribution < 1.29 is 9.26 Å². The van der Waals surface area contributed by atoms with Crippen molar-refractivity contribution in [2.24, 2.45) is 5.92 Å². The molecular weight excluding hydrogens is 282 g/mol. The van der Waals surface area contributed by atoms with Crippen LogP contribution in [0.3, 0.4) is 0 Å². The molecule has 0 unspecified atom stereocenters. The Morgan fingerprint density at radius 3 is 3.05 bits per heavy atom. The molecular formula is C15H21N5O2. The zero-order valence-electron chi connectivity index (χ0n) is 12.7. The van der Waals surface area contributed by atoms with Crippen molar-refractivity contribution in [3.63, 3.8) is 0 Å². The molecule has 1 aliphatic heterocycles. The van der Waals surface area contributed by atoms with Crippen LogP contribution in [0.2, 0.25) is 0 Å². The summed E-state index contributed by atoms with van der Waals surface area (Å²) in [6.07, 6.45) is 5.54. The van der Waals surface area contributed by atoms with E-state index in [9.17, 15) is 0 Å². The van der Waals surface area contributed by atoms with Gasteiger partial charge in [-0.25, -0.2) is 0 Å². The minimum Gasteiger partial charge on any atom is -0.370 e. The third-order valence-corrected chi connectivity index (χ3v) is 4.35. The van der Waals surface area contributed by atoms with Crippen LogP contribution in [0.25, 0.3) is 0 Å². The van der Waals surface area contributed by atoms with Gasteiger partial charge in [-0.3, -0.25) is 4.68 Å². The molecule has 1 saturated carbocycles. The van der Waals surface area contributed by atoms with E-state index in [0.29, 0.717) is 18.3 Å². The van der Waals surface area contributed by atoms with Crippen molar-refractivity contribution in [2.45, 2.75) is 51.4 Å². The number of ether oxygens (including phenoxy) is 1. The van der Waals surface area contributed by atoms with Gasteiger partial charge in [0.25, 0.3) is 0 Å². The first-order chi connectivity index (χ1) is 10.8. The summed E-state index contributed by atoms with van der Waals surface area (Å²) >= 11 is 0. The van der Waals surface area contributed by atoms with Gasteiger partial charge in [-0.15, -0.1) is 0 Å². The van der Waals surface area contributed by atoms with Crippen LogP contribution in [-0.4, -0.2) is 32.6 Å². The van der Waals surface area contributed by atoms with Gasteiger partial charge >= 0.3 is 0 Å². The molecule has 2 aliphatic rings. The van der Waals surface area contributed by atoms with Gasteiger partial charge in [0.05, 0.1) is 12.2 Å². The average Bonchev–Trinajstić information content (AvgIpc) is 2.91. The lowest BCUT2D eigenvalue weighted by Gasteiger charge is -2.20. The Kier molecular flexibility index (Phi) is 3.67. The summed E-state index contributed by atoms with van der Waals surface area (Å²) in [4.78, 5) is 4.23. The summed E-state index contributed by atoms with van der Waals surface area (Å²) in [6, 6.07) is 2.33. The predicted molar refractivity (Wildman–Crippen MR) is 77.9 cm³/mol. The van der Waals surface area contributed by atoms with Crippen LogP contribution < -0.4 is 5.32 Å². The third kappa shape index (κ3) is 2.91. The highest BCUT2D eigenvalue weighted by atomic mass is 16.5. The summed E-state index contributed by atoms with van der Waals surface area (Å²) in [7, 11) is 0. The molecule has 3 heterocycles. The van der Waals surface area contributed by atoms with E-state index in [0.717, 1.165) is 25.5 Å². The highest BCUT2D eigenvalue weighted by molar-refractivity contribution is 5.10. The second kappa shape index (κ2) is 5.81. The maximum atomic E-state index is 5.96. The SMILES string of the molecule is Cc1noc(CN[C@H]2CCO[C@@H]2c2ccnn2CC2CC2)n1. The Bertz CT molecular complexity index is 633. The van der Waals surface area contributed by atoms with E-state index in [4.69, 9.17) is 9.26 Å². The van der Waals surface area contributed by atoms with Crippen molar-refractivity contribution in [3.8, 4) is 0 Å². The molecule has 1 saturated heterocycles. The van der Waals surface area contributed by atoms with Crippen molar-refractivity contribution in [3.05, 3.63) is 29.7 Å². The molecule has 2 aromatic rings. The maximum absolute atomic E-state index is 5.96. The lowest BCUT2D eigenvalue weighted by Crippen LogP contribution is -2.32. The van der Waals surface area contributed by atoms with Crippen LogP contribution in [0.1, 0.15) is 42.8 Å². The zero-order valence-corrected chi connectivity index (χ0v) is 12.7. The van der Waals surface area contributed by atoms with Crippen LogP contribution >= 0.6 is 0 Å². The number of rotatable bonds is 6. The van der Waals surface area contributed by atoms with Crippen molar-refractivity contribution in [1.82, 2.24) is 25.2 Å². The first-order valence-corrected chi connectivity index (χ1v) is 7.95. The molecule has 2 atom stereocenters. The Labute approximate surface area is 129 Å². The van der Waals surface area contributed by atoms with Crippen LogP contribution in [0.5, 0.6) is 0 Å². The van der Waals surface area contributed by atoms with Crippen LogP contribution in [0, 0.1) is 12.8 Å². The predicted octanol–water partition coefficient (Wildman–Crippen LogP) is 1.60. The van der Waals surface area contributed by atoms with Gasteiger partial charge in [0, 0.05) is 25.4 Å². The fourth-order valence-corrected chi connectivity index (χ4v) is 3.00. The summed E-state index contributed by atoms with van der Waals surface area (Å²) in [5.41, 5.74) is 1.17. The molecule has 2 aromatic heterocycles. The van der Waals surface area contributed by atoms with Crippen molar-refractivity contribution in [2.75, 3.05) is 6.61 Å². The minimum atomic E-state index is 0.0465. The summed E-state index contributed by atoms with van der Waals surface area (Å²) in [6.45, 7) is 4.17. The van der Waals surface area contributed by atoms with Gasteiger partial charge in [-0.05, 0) is 38.2 Å². The molecule has 1 aliphatic carbocycles. The van der Waals surface area contributed by atoms with Crippen molar-refractivity contribution >= 4 is 0 Å². The van der Waals surface area contributed by atoms with Gasteiger partial charge in [0.2, 0.25) is 5.89 Å². The Morgan fingerprint density at radius 2 is 2.27 bits per heavy atom. The van der Waals surface area contributed by atoms with Gasteiger partial charge in [-0.1, -0.05) is 5.16 Å². The van der Waals surface area contributed by atoms with E-state index in [2.05, 4.69) is 31.3 Å². The number of aromatic nitrogens is 4. The second-order valence-electron chi connectivity index (χ2n) is 6.18. The van der Waals surface area contributed by atoms with Gasteiger partial charge in [-0.2, -0.15) is 10.1 Å². The van der Waals surface area contributed by atoms with E-state index in [1.165, 1.54) is 18.5 Å². The maximum Gasteiger partial charge on any atom is 0.240 e. The summed E-state index contributed by atoms with van der Waals surface area (Å²) in [5.74, 6) is 2.08. The first-order valence-electron chi connectivity index (χ1n) is 7.95. The highest BCUT2D eigenvalue weighted by Gasteiger charge is 2.33. The van der Waals surface area contributed by atoms with Gasteiger partial charge in [0.1, 0.15) is 6.10 Å². The first kappa shape index (κ1) is 13.9. The molecule has 7 heteroatoms. The summed E-state index contributed by atoms with van der Waals surface area (Å²) in [5, 5.41) is 11.8. The minimum absolute atomic E-state index is 0.0465. The molecule has 7 nitrogen and oxygen atoms in total. The zero-order chi connectivity index (χ0) is 14.9. The number of hydrogen-bond donors (Lipinski definition) is 1. The van der Waals surface area contributed by atoms with E-state index >= 15 is 0 Å². The monoisotopic (exact) mass is 303 g/mol. The fourth-order valence-electron chi connectivity index (χ4n) is 3.00. The topological polar surface area (TPSA) is 78.0 Å². The Hall–Kier alpha value is -1.73. The number of nitrogens with zero attached hydrogens (tertiary/aromatic N) is 4. The van der Waals surface area contributed by atoms with E-state index in [-0.39, 0.29) is 12.1 Å². The van der Waals surface area contributed by atoms with Crippen molar-refractivity contribution in [1.29, 1.82) is 0 Å². The standard InChI is InChI=1S/C15H21N5O2/c1-10-18-14(22-19-10)8-16-12-5-7-21-15(12)13-4-6-17-20(13)9-11-2-3-11/h4,6,11-12,15-16H,2-3,5,7-9H2,1H3/t12-,15-/m0/s1. The van der Waals surface area contributed by atoms with Crippen LogP contribution in [0.4, 0.5) is 0 Å². The second-order valence-corrected chi connectivity index (χ2v) is 6.18. The van der Waals surface area contributed by atoms with Crippen LogP contribution in [-0.2, 0) is 17.8 Å². The van der Waals surface area contributed by atoms with Gasteiger partial charge < -0.3 is 14.6 Å². The Morgan fingerprint density at radius 1 is 1.36 bits per heavy atom. The van der Waals surface area contributed by atoms with Gasteiger partial charge in [0.15, 0.2) is 5.82 Å². The molecule has 0 aromatic carbocycles. The highest BCUT2D eigenvalue weighted by Crippen LogP contribution is 2.34. The van der Waals surface area contributed by atoms with Crippen LogP contribution in [0.15, 0.2) is 16.8 Å². The molecule has 0 amide bonds. The van der Waals surface area contributed by atoms with E-state index in [1.807, 2.05) is 13.1 Å². The van der Waals surface area contributed by atoms with E-state index in [1.54, 1.807) is 0 Å². The summed E-state index contributed by atoms with van der Waals surface area (Å²) < 4.78 is 13.2. The molecule has 0 radical (unpaired) electrons. The molecule has 2 fully saturated rings. The largest absolute Gasteiger partial charge is 0.370 e. The molecule has 4 rings (SSSR count).